The fourth-order valence-corrected chi connectivity index (χ4v) is 15.9. The summed E-state index contributed by atoms with van der Waals surface area (Å²) in [6, 6.07) is 12.9. The van der Waals surface area contributed by atoms with Crippen molar-refractivity contribution in [2.45, 2.75) is 86.0 Å². The first-order valence-corrected chi connectivity index (χ1v) is 17.9. The van der Waals surface area contributed by atoms with Gasteiger partial charge in [-0.1, -0.05) is 51.1 Å². The van der Waals surface area contributed by atoms with E-state index in [2.05, 4.69) is 0 Å². The molecule has 0 fully saturated rings. The number of hydrogen-bond acceptors (Lipinski definition) is 6. The standard InChI is InChI=1S/C25H37ClO6P2Si/c1-17(2)29-33(27,30-18(3)4)22-15-20(25(7,8)9)16-23-24(22)35(26,21-13-11-10-12-14-21)32-34(23,28)31-19(5)6/h10-19H,1-9H3/t34?,35-/m0/s1. The van der Waals surface area contributed by atoms with E-state index in [-0.39, 0.29) is 11.5 Å². The molecule has 1 aliphatic heterocycles. The molecule has 0 spiro atoms. The zero-order valence-electron chi connectivity index (χ0n) is 22.0. The van der Waals surface area contributed by atoms with E-state index in [1.807, 2.05) is 63.2 Å². The first-order valence-electron chi connectivity index (χ1n) is 11.9. The van der Waals surface area contributed by atoms with Crippen LogP contribution in [0.2, 0.25) is 0 Å². The van der Waals surface area contributed by atoms with Crippen molar-refractivity contribution in [2.24, 2.45) is 0 Å². The van der Waals surface area contributed by atoms with Crippen molar-refractivity contribution < 1.29 is 27.2 Å². The Labute approximate surface area is 216 Å². The molecule has 35 heavy (non-hydrogen) atoms. The Morgan fingerprint density at radius 3 is 1.97 bits per heavy atom. The highest BCUT2D eigenvalue weighted by atomic mass is 35.6. The largest absolute Gasteiger partial charge is 0.628 e. The van der Waals surface area contributed by atoms with Gasteiger partial charge < -0.3 is 13.9 Å². The maximum atomic E-state index is 14.6. The van der Waals surface area contributed by atoms with Crippen molar-refractivity contribution in [3.05, 3.63) is 48.0 Å². The Balaban J connectivity index is 2.48. The Bertz CT molecular complexity index is 1090. The van der Waals surface area contributed by atoms with Crippen molar-refractivity contribution in [3.63, 3.8) is 0 Å². The summed E-state index contributed by atoms with van der Waals surface area (Å²) in [5.41, 5.74) is 0.448. The van der Waals surface area contributed by atoms with Crippen molar-refractivity contribution in [3.8, 4) is 0 Å². The van der Waals surface area contributed by atoms with E-state index in [1.54, 1.807) is 41.5 Å². The molecule has 0 aromatic heterocycles. The van der Waals surface area contributed by atoms with Gasteiger partial charge in [0.2, 0.25) is 0 Å². The predicted octanol–water partition coefficient (Wildman–Crippen LogP) is 4.65. The lowest BCUT2D eigenvalue weighted by molar-refractivity contribution is -0.208. The van der Waals surface area contributed by atoms with Crippen LogP contribution in [0.4, 0.5) is 0 Å². The van der Waals surface area contributed by atoms with Crippen LogP contribution in [0.1, 0.15) is 67.9 Å². The molecular weight excluding hydrogens is 522 g/mol. The van der Waals surface area contributed by atoms with E-state index in [4.69, 9.17) is 28.9 Å². The van der Waals surface area contributed by atoms with Gasteiger partial charge in [-0.2, -0.15) is 0 Å². The van der Waals surface area contributed by atoms with Gasteiger partial charge in [0.05, 0.1) is 28.8 Å². The van der Waals surface area contributed by atoms with E-state index < -0.39 is 35.4 Å². The van der Waals surface area contributed by atoms with Crippen LogP contribution in [0, 0.1) is 0 Å². The third-order valence-electron chi connectivity index (χ3n) is 5.31. The molecule has 194 valence electrons. The SMILES string of the molecule is CC(C)OP(=O)(OC(C)C)c1cc(C(C)(C)C)cc2c1[Si@](Cl)(c1ccccc1)O[P+]2([O-])OC(C)C. The molecule has 1 aliphatic rings. The zero-order valence-corrected chi connectivity index (χ0v) is 25.5. The minimum absolute atomic E-state index is 0.304. The van der Waals surface area contributed by atoms with Gasteiger partial charge in [-0.15, -0.1) is 11.1 Å². The average molecular weight is 559 g/mol. The van der Waals surface area contributed by atoms with Gasteiger partial charge in [0, 0.05) is 0 Å². The highest BCUT2D eigenvalue weighted by molar-refractivity contribution is 7.74. The lowest BCUT2D eigenvalue weighted by Gasteiger charge is -2.29. The molecule has 2 aromatic rings. The molecule has 2 aromatic carbocycles. The summed E-state index contributed by atoms with van der Waals surface area (Å²) in [5.74, 6) is 0. The number of fused-ring (bicyclic) bond motifs is 1. The molecule has 0 amide bonds. The second kappa shape index (κ2) is 10.3. The topological polar surface area (TPSA) is 77.1 Å². The average Bonchev–Trinajstić information content (AvgIpc) is 2.93. The maximum Gasteiger partial charge on any atom is 0.415 e. The maximum absolute atomic E-state index is 14.6. The molecule has 6 nitrogen and oxygen atoms in total. The lowest BCUT2D eigenvalue weighted by Crippen LogP contribution is -2.60. The van der Waals surface area contributed by atoms with Gasteiger partial charge >= 0.3 is 15.2 Å². The summed E-state index contributed by atoms with van der Waals surface area (Å²) in [6.45, 7) is 16.9. The first kappa shape index (κ1) is 29.0. The van der Waals surface area contributed by atoms with Crippen LogP contribution in [0.15, 0.2) is 42.5 Å². The monoisotopic (exact) mass is 558 g/mol. The highest BCUT2D eigenvalue weighted by Crippen LogP contribution is 2.60. The molecule has 1 unspecified atom stereocenters. The summed E-state index contributed by atoms with van der Waals surface area (Å²) in [7, 11) is -11.5. The van der Waals surface area contributed by atoms with E-state index >= 15 is 0 Å². The summed E-state index contributed by atoms with van der Waals surface area (Å²) in [6.07, 6.45) is -1.17. The third-order valence-corrected chi connectivity index (χ3v) is 15.8. The minimum Gasteiger partial charge on any atom is -0.628 e. The van der Waals surface area contributed by atoms with Crippen LogP contribution < -0.4 is 25.9 Å². The van der Waals surface area contributed by atoms with Crippen molar-refractivity contribution >= 4 is 55.2 Å². The molecule has 1 heterocycles. The summed E-state index contributed by atoms with van der Waals surface area (Å²) >= 11 is 7.38. The van der Waals surface area contributed by atoms with Crippen LogP contribution >= 0.6 is 26.6 Å². The van der Waals surface area contributed by atoms with Gasteiger partial charge in [0.25, 0.3) is 7.94 Å². The molecule has 10 heteroatoms. The van der Waals surface area contributed by atoms with Crippen molar-refractivity contribution in [2.75, 3.05) is 0 Å². The van der Waals surface area contributed by atoms with E-state index in [1.165, 1.54) is 0 Å². The molecular formula is C25H37ClO6P2Si. The number of benzene rings is 2. The van der Waals surface area contributed by atoms with Crippen LogP contribution in [0.5, 0.6) is 0 Å². The third kappa shape index (κ3) is 5.95. The second-order valence-corrected chi connectivity index (χ2v) is 18.8. The fraction of sp³-hybridized carbons (Fsp3) is 0.520. The Kier molecular flexibility index (Phi) is 8.51. The number of halogens is 1. The summed E-state index contributed by atoms with van der Waals surface area (Å²) in [5, 5.41) is 1.77. The summed E-state index contributed by atoms with van der Waals surface area (Å²) < 4.78 is 38.9. The van der Waals surface area contributed by atoms with Crippen LogP contribution in [-0.2, 0) is 27.8 Å². The van der Waals surface area contributed by atoms with E-state index in [0.29, 0.717) is 21.0 Å². The normalized spacial score (nSPS) is 22.9. The number of hydrogen-bond donors (Lipinski definition) is 0. The molecule has 3 rings (SSSR count). The van der Waals surface area contributed by atoms with Gasteiger partial charge in [-0.3, -0.25) is 4.57 Å². The van der Waals surface area contributed by atoms with Crippen LogP contribution in [0.25, 0.3) is 0 Å². The second-order valence-electron chi connectivity index (χ2n) is 10.6. The zero-order chi connectivity index (χ0) is 26.4. The molecule has 0 saturated heterocycles. The smallest absolute Gasteiger partial charge is 0.415 e. The van der Waals surface area contributed by atoms with Crippen LogP contribution in [-0.4, -0.2) is 25.9 Å². The Hall–Kier alpha value is -0.593. The van der Waals surface area contributed by atoms with E-state index in [0.717, 1.165) is 5.56 Å². The van der Waals surface area contributed by atoms with Gasteiger partial charge in [-0.25, -0.2) is 8.74 Å². The highest BCUT2D eigenvalue weighted by Gasteiger charge is 2.64. The molecule has 0 aliphatic carbocycles. The first-order chi connectivity index (χ1) is 16.0. The molecule has 0 saturated carbocycles. The minimum atomic E-state index is -3.92. The van der Waals surface area contributed by atoms with Crippen LogP contribution in [0.3, 0.4) is 0 Å². The van der Waals surface area contributed by atoms with Gasteiger partial charge in [0.15, 0.2) is 5.30 Å². The van der Waals surface area contributed by atoms with Crippen molar-refractivity contribution in [1.29, 1.82) is 0 Å². The fourth-order valence-electron chi connectivity index (χ4n) is 3.97. The summed E-state index contributed by atoms with van der Waals surface area (Å²) in [4.78, 5) is 14.4. The van der Waals surface area contributed by atoms with Crippen molar-refractivity contribution in [1.82, 2.24) is 0 Å². The predicted molar refractivity (Wildman–Crippen MR) is 146 cm³/mol. The molecule has 0 bridgehead atoms. The quantitative estimate of drug-likeness (QED) is 0.267. The molecule has 0 radical (unpaired) electrons. The van der Waals surface area contributed by atoms with E-state index in [9.17, 15) is 9.46 Å². The lowest BCUT2D eigenvalue weighted by atomic mass is 9.87. The Morgan fingerprint density at radius 2 is 1.51 bits per heavy atom. The Morgan fingerprint density at radius 1 is 0.971 bits per heavy atom. The van der Waals surface area contributed by atoms with Gasteiger partial charge in [-0.05, 0) is 69.8 Å². The number of rotatable bonds is 8. The molecule has 0 N–H and O–H groups in total. The molecule has 2 atom stereocenters. The van der Waals surface area contributed by atoms with Gasteiger partial charge in [0.1, 0.15) is 0 Å².